The van der Waals surface area contributed by atoms with Gasteiger partial charge in [0.05, 0.1) is 24.7 Å². The summed E-state index contributed by atoms with van der Waals surface area (Å²) in [6.45, 7) is 1.62. The molecule has 86 valence electrons. The minimum absolute atomic E-state index is 0.198. The molecule has 2 N–H and O–H groups in total. The molecule has 0 aromatic rings. The van der Waals surface area contributed by atoms with E-state index in [0.29, 0.717) is 12.8 Å². The lowest BCUT2D eigenvalue weighted by atomic mass is 10.00. The third kappa shape index (κ3) is 2.30. The topological polar surface area (TPSA) is 76.0 Å². The zero-order valence-electron chi connectivity index (χ0n) is 8.63. The minimum atomic E-state index is -0.591. The van der Waals surface area contributed by atoms with E-state index in [0.717, 1.165) is 0 Å². The van der Waals surface area contributed by atoms with Gasteiger partial charge in [0.1, 0.15) is 12.2 Å². The molecule has 0 aromatic carbocycles. The van der Waals surface area contributed by atoms with Gasteiger partial charge in [-0.3, -0.25) is 4.79 Å². The number of hydrogen-bond donors (Lipinski definition) is 2. The van der Waals surface area contributed by atoms with Crippen molar-refractivity contribution in [3.63, 3.8) is 0 Å². The maximum atomic E-state index is 11.3. The van der Waals surface area contributed by atoms with Crippen molar-refractivity contribution in [2.45, 2.75) is 56.7 Å². The summed E-state index contributed by atoms with van der Waals surface area (Å²) in [7, 11) is 0. The minimum Gasteiger partial charge on any atom is -0.459 e. The number of carbonyl (C=O) groups is 1. The van der Waals surface area contributed by atoms with Crippen molar-refractivity contribution < 1.29 is 24.5 Å². The van der Waals surface area contributed by atoms with Gasteiger partial charge in [0.25, 0.3) is 0 Å². The molecule has 2 bridgehead atoms. The highest BCUT2D eigenvalue weighted by molar-refractivity contribution is 5.70. The molecule has 0 spiro atoms. The van der Waals surface area contributed by atoms with Crippen LogP contribution in [0.4, 0.5) is 0 Å². The molecule has 2 heterocycles. The van der Waals surface area contributed by atoms with Crippen molar-refractivity contribution >= 4 is 5.97 Å². The maximum Gasteiger partial charge on any atom is 0.308 e. The quantitative estimate of drug-likeness (QED) is 0.614. The third-order valence-corrected chi connectivity index (χ3v) is 2.85. The van der Waals surface area contributed by atoms with E-state index >= 15 is 0 Å². The van der Waals surface area contributed by atoms with E-state index in [-0.39, 0.29) is 18.5 Å². The summed E-state index contributed by atoms with van der Waals surface area (Å²) >= 11 is 0. The number of rotatable bonds is 2. The molecule has 5 heteroatoms. The van der Waals surface area contributed by atoms with Gasteiger partial charge in [-0.15, -0.1) is 0 Å². The second-order valence-electron chi connectivity index (χ2n) is 4.34. The average Bonchev–Trinajstić information content (AvgIpc) is 2.36. The van der Waals surface area contributed by atoms with E-state index in [1.165, 1.54) is 0 Å². The fourth-order valence-corrected chi connectivity index (χ4v) is 2.23. The second-order valence-corrected chi connectivity index (χ2v) is 4.34. The van der Waals surface area contributed by atoms with E-state index in [1.54, 1.807) is 6.92 Å². The van der Waals surface area contributed by atoms with Crippen LogP contribution in [0.5, 0.6) is 0 Å². The normalized spacial score (nSPS) is 42.2. The van der Waals surface area contributed by atoms with Crippen LogP contribution in [0.25, 0.3) is 0 Å². The molecule has 2 aliphatic heterocycles. The smallest absolute Gasteiger partial charge is 0.308 e. The Balaban J connectivity index is 2.09. The van der Waals surface area contributed by atoms with Crippen molar-refractivity contribution in [3.05, 3.63) is 0 Å². The Bertz CT molecular complexity index is 252. The first-order chi connectivity index (χ1) is 7.06. The van der Waals surface area contributed by atoms with Crippen LogP contribution in [0.2, 0.25) is 0 Å². The van der Waals surface area contributed by atoms with Crippen LogP contribution in [0.3, 0.4) is 0 Å². The molecular weight excluding hydrogens is 200 g/mol. The van der Waals surface area contributed by atoms with Crippen molar-refractivity contribution in [3.8, 4) is 0 Å². The van der Waals surface area contributed by atoms with E-state index in [1.807, 2.05) is 0 Å². The van der Waals surface area contributed by atoms with E-state index < -0.39 is 24.4 Å². The molecule has 5 atom stereocenters. The molecule has 0 aromatic heterocycles. The van der Waals surface area contributed by atoms with E-state index in [9.17, 15) is 15.0 Å². The number of fused-ring (bicyclic) bond motifs is 2. The number of carbonyl (C=O) groups excluding carboxylic acids is 1. The zero-order chi connectivity index (χ0) is 11.0. The predicted molar refractivity (Wildman–Crippen MR) is 50.1 cm³/mol. The average molecular weight is 216 g/mol. The first-order valence-corrected chi connectivity index (χ1v) is 5.27. The summed E-state index contributed by atoms with van der Waals surface area (Å²) < 4.78 is 10.7. The molecule has 0 aliphatic carbocycles. The van der Waals surface area contributed by atoms with Crippen molar-refractivity contribution in [1.82, 2.24) is 0 Å². The van der Waals surface area contributed by atoms with Crippen molar-refractivity contribution in [2.24, 2.45) is 0 Å². The molecule has 2 fully saturated rings. The Morgan fingerprint density at radius 3 is 3.00 bits per heavy atom. The zero-order valence-corrected chi connectivity index (χ0v) is 8.63. The number of aliphatic hydroxyl groups excluding tert-OH is 2. The molecule has 15 heavy (non-hydrogen) atoms. The Hall–Kier alpha value is -0.650. The van der Waals surface area contributed by atoms with Gasteiger partial charge in [-0.1, -0.05) is 0 Å². The first kappa shape index (κ1) is 10.9. The molecule has 5 unspecified atom stereocenters. The van der Waals surface area contributed by atoms with Gasteiger partial charge in [0, 0.05) is 12.8 Å². The largest absolute Gasteiger partial charge is 0.459 e. The fourth-order valence-electron chi connectivity index (χ4n) is 2.23. The SMILES string of the molecule is CC(O)CC1OC(=O)CC2CC(O)C1O2. The number of hydrogen-bond acceptors (Lipinski definition) is 5. The van der Waals surface area contributed by atoms with Crippen molar-refractivity contribution in [1.29, 1.82) is 0 Å². The lowest BCUT2D eigenvalue weighted by Crippen LogP contribution is -2.39. The van der Waals surface area contributed by atoms with Gasteiger partial charge in [0.15, 0.2) is 0 Å². The fraction of sp³-hybridized carbons (Fsp3) is 0.900. The second kappa shape index (κ2) is 4.08. The lowest BCUT2D eigenvalue weighted by molar-refractivity contribution is -0.154. The molecule has 0 radical (unpaired) electrons. The van der Waals surface area contributed by atoms with Crippen LogP contribution in [0, 0.1) is 0 Å². The highest BCUT2D eigenvalue weighted by Crippen LogP contribution is 2.31. The molecule has 5 nitrogen and oxygen atoms in total. The van der Waals surface area contributed by atoms with E-state index in [2.05, 4.69) is 0 Å². The lowest BCUT2D eigenvalue weighted by Gasteiger charge is -2.25. The Labute approximate surface area is 88.0 Å². The number of esters is 1. The Kier molecular flexibility index (Phi) is 2.95. The molecule has 0 amide bonds. The molecule has 2 rings (SSSR count). The number of cyclic esters (lactones) is 1. The number of ether oxygens (including phenoxy) is 2. The highest BCUT2D eigenvalue weighted by atomic mass is 16.6. The van der Waals surface area contributed by atoms with Crippen LogP contribution in [0.15, 0.2) is 0 Å². The van der Waals surface area contributed by atoms with Gasteiger partial charge < -0.3 is 19.7 Å². The molecule has 0 saturated carbocycles. The Morgan fingerprint density at radius 2 is 2.33 bits per heavy atom. The van der Waals surface area contributed by atoms with Gasteiger partial charge in [-0.05, 0) is 6.92 Å². The standard InChI is InChI=1S/C10H16O5/c1-5(11)2-8-10-7(12)3-6(14-10)4-9(13)15-8/h5-8,10-12H,2-4H2,1H3. The van der Waals surface area contributed by atoms with Crippen LogP contribution in [-0.4, -0.2) is 46.7 Å². The monoisotopic (exact) mass is 216 g/mol. The van der Waals surface area contributed by atoms with Crippen LogP contribution >= 0.6 is 0 Å². The van der Waals surface area contributed by atoms with Gasteiger partial charge in [0.2, 0.25) is 0 Å². The van der Waals surface area contributed by atoms with Gasteiger partial charge in [-0.25, -0.2) is 0 Å². The molecule has 2 aliphatic rings. The van der Waals surface area contributed by atoms with Crippen LogP contribution < -0.4 is 0 Å². The predicted octanol–water partition coefficient (Wildman–Crippen LogP) is -0.409. The van der Waals surface area contributed by atoms with Crippen LogP contribution in [-0.2, 0) is 14.3 Å². The summed E-state index contributed by atoms with van der Waals surface area (Å²) in [5.74, 6) is -0.306. The first-order valence-electron chi connectivity index (χ1n) is 5.27. The number of aliphatic hydroxyl groups is 2. The summed E-state index contributed by atoms with van der Waals surface area (Å²) in [5.41, 5.74) is 0. The van der Waals surface area contributed by atoms with Gasteiger partial charge in [-0.2, -0.15) is 0 Å². The highest BCUT2D eigenvalue weighted by Gasteiger charge is 2.44. The molecular formula is C10H16O5. The summed E-state index contributed by atoms with van der Waals surface area (Å²) in [4.78, 5) is 11.3. The van der Waals surface area contributed by atoms with E-state index in [4.69, 9.17) is 9.47 Å². The summed E-state index contributed by atoms with van der Waals surface area (Å²) in [6, 6.07) is 0. The third-order valence-electron chi connectivity index (χ3n) is 2.85. The maximum absolute atomic E-state index is 11.3. The summed E-state index contributed by atoms with van der Waals surface area (Å²) in [5, 5.41) is 19.0. The Morgan fingerprint density at radius 1 is 1.60 bits per heavy atom. The van der Waals surface area contributed by atoms with Crippen molar-refractivity contribution in [2.75, 3.05) is 0 Å². The van der Waals surface area contributed by atoms with Gasteiger partial charge >= 0.3 is 5.97 Å². The summed E-state index contributed by atoms with van der Waals surface area (Å²) in [6.07, 6.45) is -1.41. The van der Waals surface area contributed by atoms with Crippen LogP contribution in [0.1, 0.15) is 26.2 Å². The molecule has 2 saturated heterocycles.